The predicted octanol–water partition coefficient (Wildman–Crippen LogP) is 6.09. The largest absolute Gasteiger partial charge is 0.508 e. The number of hydrogen-bond acceptors (Lipinski definition) is 9. The molecule has 0 saturated heterocycles. The Bertz CT molecular complexity index is 1310. The van der Waals surface area contributed by atoms with Crippen molar-refractivity contribution >= 4 is 29.8 Å². The number of nitrogens with one attached hydrogen (secondary N) is 2. The van der Waals surface area contributed by atoms with Gasteiger partial charge in [0, 0.05) is 12.1 Å². The lowest BCUT2D eigenvalue weighted by molar-refractivity contribution is -0.176. The number of fused-ring (bicyclic) bond motifs is 5. The summed E-state index contributed by atoms with van der Waals surface area (Å²) in [6, 6.07) is 6.93. The molecule has 48 heavy (non-hydrogen) atoms. The van der Waals surface area contributed by atoms with Crippen LogP contribution in [0.25, 0.3) is 0 Å². The summed E-state index contributed by atoms with van der Waals surface area (Å²) in [7, 11) is 2.63. The number of carbonyl (C=O) groups is 4. The van der Waals surface area contributed by atoms with Gasteiger partial charge in [-0.2, -0.15) is 0 Å². The minimum Gasteiger partial charge on any atom is -0.469 e. The topological polar surface area (TPSA) is 149 Å². The molecule has 4 fully saturated rings. The second-order valence-corrected chi connectivity index (χ2v) is 15.2. The van der Waals surface area contributed by atoms with Crippen molar-refractivity contribution in [1.29, 1.82) is 0 Å². The fraction of sp³-hybridized carbons (Fsp3) is 0.730. The van der Waals surface area contributed by atoms with Crippen LogP contribution >= 0.6 is 0 Å². The summed E-state index contributed by atoms with van der Waals surface area (Å²) in [6.07, 6.45) is 7.14. The van der Waals surface area contributed by atoms with Gasteiger partial charge in [0.2, 0.25) is 0 Å². The van der Waals surface area contributed by atoms with Gasteiger partial charge in [-0.25, -0.2) is 14.4 Å². The van der Waals surface area contributed by atoms with Crippen LogP contribution in [-0.4, -0.2) is 68.3 Å². The molecular weight excluding hydrogens is 616 g/mol. The van der Waals surface area contributed by atoms with Crippen LogP contribution in [0.1, 0.15) is 85.0 Å². The molecule has 1 aromatic carbocycles. The molecule has 0 heterocycles. The fourth-order valence-electron chi connectivity index (χ4n) is 10.4. The Hall–Kier alpha value is -3.34. The molecule has 11 nitrogen and oxygen atoms in total. The maximum Gasteiger partial charge on any atom is 0.508 e. The molecule has 0 radical (unpaired) electrons. The quantitative estimate of drug-likeness (QED) is 0.199. The second kappa shape index (κ2) is 15.0. The zero-order valence-corrected chi connectivity index (χ0v) is 29.1. The Kier molecular flexibility index (Phi) is 11.3. The zero-order valence-electron chi connectivity index (χ0n) is 29.1. The minimum atomic E-state index is -1.20. The van der Waals surface area contributed by atoms with Crippen molar-refractivity contribution < 1.29 is 43.2 Å². The summed E-state index contributed by atoms with van der Waals surface area (Å²) in [4.78, 5) is 49.4. The van der Waals surface area contributed by atoms with Crippen LogP contribution in [0.5, 0.6) is 0 Å². The number of rotatable bonds is 10. The van der Waals surface area contributed by atoms with E-state index in [1.165, 1.54) is 14.2 Å². The van der Waals surface area contributed by atoms with Gasteiger partial charge in [0.15, 0.2) is 6.04 Å². The first-order valence-electron chi connectivity index (χ1n) is 17.7. The van der Waals surface area contributed by atoms with Crippen molar-refractivity contribution in [2.24, 2.45) is 46.3 Å². The molecule has 4 saturated carbocycles. The zero-order chi connectivity index (χ0) is 34.6. The molecule has 4 aliphatic carbocycles. The molecule has 0 unspecified atom stereocenters. The molecule has 2 amide bonds. The summed E-state index contributed by atoms with van der Waals surface area (Å²) < 4.78 is 20.7. The molecule has 4 aliphatic rings. The number of methoxy groups -OCH3 is 2. The third-order valence-electron chi connectivity index (χ3n) is 13.0. The van der Waals surface area contributed by atoms with Gasteiger partial charge < -0.3 is 34.7 Å². The number of urea groups is 1. The van der Waals surface area contributed by atoms with E-state index in [2.05, 4.69) is 31.4 Å². The third-order valence-corrected chi connectivity index (χ3v) is 13.0. The summed E-state index contributed by atoms with van der Waals surface area (Å²) in [6.45, 7) is 6.51. The number of ether oxygens (including phenoxy) is 4. The molecule has 266 valence electrons. The summed E-state index contributed by atoms with van der Waals surface area (Å²) in [5.74, 6) is 1.61. The van der Waals surface area contributed by atoms with E-state index in [-0.39, 0.29) is 29.0 Å². The van der Waals surface area contributed by atoms with Crippen LogP contribution in [-0.2, 0) is 28.5 Å². The molecule has 0 aromatic heterocycles. The molecule has 0 bridgehead atoms. The molecule has 11 heteroatoms. The highest BCUT2D eigenvalue weighted by Crippen LogP contribution is 2.68. The Labute approximate surface area is 284 Å². The maximum absolute atomic E-state index is 12.8. The molecule has 0 spiro atoms. The predicted molar refractivity (Wildman–Crippen MR) is 178 cm³/mol. The van der Waals surface area contributed by atoms with E-state index in [9.17, 15) is 24.3 Å². The number of aliphatic hydroxyl groups excluding tert-OH is 1. The van der Waals surface area contributed by atoms with Crippen molar-refractivity contribution in [1.82, 2.24) is 5.32 Å². The highest BCUT2D eigenvalue weighted by Gasteiger charge is 2.63. The van der Waals surface area contributed by atoms with Gasteiger partial charge in [-0.15, -0.1) is 0 Å². The molecule has 1 aromatic rings. The first-order chi connectivity index (χ1) is 22.9. The average Bonchev–Trinajstić information content (AvgIpc) is 3.44. The van der Waals surface area contributed by atoms with Crippen LogP contribution in [0, 0.1) is 46.3 Å². The normalized spacial score (nSPS) is 35.0. The van der Waals surface area contributed by atoms with Gasteiger partial charge in [0.25, 0.3) is 0 Å². The lowest BCUT2D eigenvalue weighted by Gasteiger charge is -2.62. The SMILES string of the molecule is COC(=O)CC[C@@H](C)[C@H]1CC[C@H]2[C@@H]3CC[C@H]4C[C@@H](OC(=O)OC[C@H](NC(=O)Nc5ccccc5)C(=O)OC)CC[C@]4(C)[C@H]3C[C@@H](O)[C@]12C. The highest BCUT2D eigenvalue weighted by atomic mass is 16.7. The number of aliphatic hydroxyl groups is 1. The first kappa shape index (κ1) is 36.0. The minimum absolute atomic E-state index is 0.0512. The van der Waals surface area contributed by atoms with Gasteiger partial charge in [-0.1, -0.05) is 39.0 Å². The Balaban J connectivity index is 1.14. The van der Waals surface area contributed by atoms with Crippen LogP contribution in [0.2, 0.25) is 0 Å². The van der Waals surface area contributed by atoms with Crippen molar-refractivity contribution in [2.75, 3.05) is 26.1 Å². The monoisotopic (exact) mass is 670 g/mol. The van der Waals surface area contributed by atoms with E-state index in [0.29, 0.717) is 54.0 Å². The van der Waals surface area contributed by atoms with Crippen molar-refractivity contribution in [3.05, 3.63) is 30.3 Å². The Morgan fingerprint density at radius 3 is 2.42 bits per heavy atom. The van der Waals surface area contributed by atoms with Crippen LogP contribution in [0.3, 0.4) is 0 Å². The number of anilines is 1. The smallest absolute Gasteiger partial charge is 0.469 e. The van der Waals surface area contributed by atoms with Gasteiger partial charge in [-0.3, -0.25) is 4.79 Å². The lowest BCUT2D eigenvalue weighted by Crippen LogP contribution is -2.59. The fourth-order valence-corrected chi connectivity index (χ4v) is 10.4. The molecule has 3 N–H and O–H groups in total. The number of para-hydroxylation sites is 1. The Morgan fingerprint density at radius 2 is 1.71 bits per heavy atom. The molecule has 5 rings (SSSR count). The molecule has 11 atom stereocenters. The average molecular weight is 671 g/mol. The number of esters is 2. The van der Waals surface area contributed by atoms with Crippen LogP contribution in [0.4, 0.5) is 15.3 Å². The second-order valence-electron chi connectivity index (χ2n) is 15.2. The van der Waals surface area contributed by atoms with Gasteiger partial charge >= 0.3 is 24.1 Å². The summed E-state index contributed by atoms with van der Waals surface area (Å²) in [5, 5.41) is 17.0. The van der Waals surface area contributed by atoms with E-state index >= 15 is 0 Å². The van der Waals surface area contributed by atoms with E-state index < -0.39 is 30.8 Å². The number of carbonyl (C=O) groups excluding carboxylic acids is 4. The highest BCUT2D eigenvalue weighted by molar-refractivity contribution is 5.92. The third kappa shape index (κ3) is 7.31. The van der Waals surface area contributed by atoms with Gasteiger partial charge in [0.1, 0.15) is 12.7 Å². The lowest BCUT2D eigenvalue weighted by atomic mass is 9.43. The van der Waals surface area contributed by atoms with E-state index in [1.54, 1.807) is 24.3 Å². The van der Waals surface area contributed by atoms with Gasteiger partial charge in [-0.05, 0) is 116 Å². The van der Waals surface area contributed by atoms with Crippen molar-refractivity contribution in [3.63, 3.8) is 0 Å². The van der Waals surface area contributed by atoms with Crippen LogP contribution < -0.4 is 10.6 Å². The number of amides is 2. The van der Waals surface area contributed by atoms with E-state index in [4.69, 9.17) is 18.9 Å². The summed E-state index contributed by atoms with van der Waals surface area (Å²) >= 11 is 0. The van der Waals surface area contributed by atoms with Crippen molar-refractivity contribution in [2.45, 2.75) is 103 Å². The Morgan fingerprint density at radius 1 is 0.958 bits per heavy atom. The first-order valence-corrected chi connectivity index (χ1v) is 17.7. The number of hydrogen-bond donors (Lipinski definition) is 3. The molecular formula is C37H54N2O9. The maximum atomic E-state index is 12.8. The summed E-state index contributed by atoms with van der Waals surface area (Å²) in [5.41, 5.74) is 0.446. The number of benzene rings is 1. The van der Waals surface area contributed by atoms with Crippen molar-refractivity contribution in [3.8, 4) is 0 Å². The standard InChI is InChI=1S/C37H54N2O9/c1-22(11-16-32(41)45-4)27-14-15-28-26-13-12-23-19-25(17-18-36(23,2)29(26)20-31(40)37(27,28)3)48-35(44)47-21-30(33(42)46-5)39-34(43)38-24-9-7-6-8-10-24/h6-10,22-23,25-31,40H,11-21H2,1-5H3,(H2,38,39,43)/t22-,23+,25+,26+,27-,28+,29+,30+,31-,36+,37-/m1/s1. The van der Waals surface area contributed by atoms with Gasteiger partial charge in [0.05, 0.1) is 20.3 Å². The van der Waals surface area contributed by atoms with Crippen LogP contribution in [0.15, 0.2) is 30.3 Å². The molecule has 0 aliphatic heterocycles. The van der Waals surface area contributed by atoms with E-state index in [1.807, 2.05) is 6.07 Å². The van der Waals surface area contributed by atoms with E-state index in [0.717, 1.165) is 51.4 Å².